The Morgan fingerprint density at radius 3 is 2.28 bits per heavy atom. The molecule has 188 valence electrons. The predicted octanol–water partition coefficient (Wildman–Crippen LogP) is 4.93. The van der Waals surface area contributed by atoms with Crippen molar-refractivity contribution in [2.45, 2.75) is 38.8 Å². The van der Waals surface area contributed by atoms with E-state index < -0.39 is 5.60 Å². The van der Waals surface area contributed by atoms with Gasteiger partial charge in [0.15, 0.2) is 5.65 Å². The van der Waals surface area contributed by atoms with Gasteiger partial charge in [0.2, 0.25) is 5.95 Å². The zero-order chi connectivity index (χ0) is 25.5. The van der Waals surface area contributed by atoms with Gasteiger partial charge in [0, 0.05) is 25.4 Å². The van der Waals surface area contributed by atoms with Crippen LogP contribution in [-0.2, 0) is 18.6 Å². The molecule has 0 fully saturated rings. The van der Waals surface area contributed by atoms with Crippen molar-refractivity contribution < 1.29 is 14.6 Å². The molecule has 4 aromatic rings. The van der Waals surface area contributed by atoms with Crippen LogP contribution in [0.25, 0.3) is 11.0 Å². The summed E-state index contributed by atoms with van der Waals surface area (Å²) in [5.41, 5.74) is 2.94. The summed E-state index contributed by atoms with van der Waals surface area (Å²) in [6.07, 6.45) is 3.55. The summed E-state index contributed by atoms with van der Waals surface area (Å²) in [5.74, 6) is 2.71. The number of aryl methyl sites for hydroxylation is 1. The lowest BCUT2D eigenvalue weighted by Gasteiger charge is -2.17. The molecule has 36 heavy (non-hydrogen) atoms. The van der Waals surface area contributed by atoms with Gasteiger partial charge in [0.1, 0.15) is 17.3 Å². The van der Waals surface area contributed by atoms with Crippen LogP contribution in [0, 0.1) is 0 Å². The molecule has 0 bridgehead atoms. The van der Waals surface area contributed by atoms with E-state index in [-0.39, 0.29) is 0 Å². The monoisotopic (exact) mass is 487 g/mol. The zero-order valence-electron chi connectivity index (χ0n) is 21.2. The van der Waals surface area contributed by atoms with Crippen LogP contribution in [0.1, 0.15) is 37.0 Å². The number of methoxy groups -OCH3 is 2. The van der Waals surface area contributed by atoms with Crippen molar-refractivity contribution in [1.82, 2.24) is 15.0 Å². The van der Waals surface area contributed by atoms with Gasteiger partial charge in [-0.1, -0.05) is 24.3 Å². The lowest BCUT2D eigenvalue weighted by molar-refractivity contribution is 0.0786. The van der Waals surface area contributed by atoms with Gasteiger partial charge in [-0.2, -0.15) is 9.97 Å². The highest BCUT2D eigenvalue weighted by molar-refractivity contribution is 5.87. The van der Waals surface area contributed by atoms with Gasteiger partial charge >= 0.3 is 0 Å². The fraction of sp³-hybridized carbons (Fsp3) is 0.321. The van der Waals surface area contributed by atoms with E-state index in [1.807, 2.05) is 42.5 Å². The first kappa shape index (κ1) is 25.2. The molecule has 0 saturated heterocycles. The number of pyridine rings is 1. The SMILES string of the molecule is COc1cc(CNc2nc(NCCCc3ccc(C(C)(C)O)cc3)nc3ncccc23)cc(OC)c1. The maximum absolute atomic E-state index is 10.1. The molecule has 0 spiro atoms. The first-order valence-electron chi connectivity index (χ1n) is 12.0. The first-order chi connectivity index (χ1) is 17.4. The number of aliphatic hydroxyl groups is 1. The molecule has 3 N–H and O–H groups in total. The molecule has 8 heteroatoms. The van der Waals surface area contributed by atoms with E-state index in [1.165, 1.54) is 5.56 Å². The molecule has 8 nitrogen and oxygen atoms in total. The van der Waals surface area contributed by atoms with Gasteiger partial charge in [0.05, 0.1) is 25.2 Å². The Bertz CT molecular complexity index is 1280. The Balaban J connectivity index is 1.42. The highest BCUT2D eigenvalue weighted by Gasteiger charge is 2.15. The van der Waals surface area contributed by atoms with Crippen LogP contribution in [0.3, 0.4) is 0 Å². The molecular formula is C28H33N5O3. The Kier molecular flexibility index (Phi) is 7.85. The van der Waals surface area contributed by atoms with E-state index in [2.05, 4.69) is 32.7 Å². The summed E-state index contributed by atoms with van der Waals surface area (Å²) in [6, 6.07) is 17.7. The molecule has 0 saturated carbocycles. The van der Waals surface area contributed by atoms with Crippen LogP contribution in [0.15, 0.2) is 60.8 Å². The van der Waals surface area contributed by atoms with Crippen molar-refractivity contribution >= 4 is 22.8 Å². The minimum Gasteiger partial charge on any atom is -0.497 e. The van der Waals surface area contributed by atoms with Crippen LogP contribution >= 0.6 is 0 Å². The molecule has 2 aromatic carbocycles. The standard InChI is InChI=1S/C28H33N5O3/c1-28(2,34)21-11-9-19(10-12-21)7-5-14-30-27-32-25-24(8-6-13-29-25)26(33-27)31-18-20-15-22(35-3)17-23(16-20)36-4/h6,8-13,15-17,34H,5,7,14,18H2,1-4H3,(H2,29,30,31,32,33). The predicted molar refractivity (Wildman–Crippen MR) is 143 cm³/mol. The second-order valence-electron chi connectivity index (χ2n) is 9.13. The second-order valence-corrected chi connectivity index (χ2v) is 9.13. The maximum Gasteiger partial charge on any atom is 0.226 e. The summed E-state index contributed by atoms with van der Waals surface area (Å²) in [5, 5.41) is 17.7. The van der Waals surface area contributed by atoms with Crippen LogP contribution in [0.2, 0.25) is 0 Å². The van der Waals surface area contributed by atoms with Crippen molar-refractivity contribution in [2.75, 3.05) is 31.4 Å². The number of rotatable bonds is 11. The number of fused-ring (bicyclic) bond motifs is 1. The molecule has 0 aliphatic carbocycles. The van der Waals surface area contributed by atoms with Gasteiger partial charge in [-0.05, 0) is 67.6 Å². The summed E-state index contributed by atoms with van der Waals surface area (Å²) >= 11 is 0. The van der Waals surface area contributed by atoms with E-state index in [9.17, 15) is 5.11 Å². The Labute approximate surface area is 211 Å². The second kappa shape index (κ2) is 11.2. The fourth-order valence-corrected chi connectivity index (χ4v) is 3.90. The summed E-state index contributed by atoms with van der Waals surface area (Å²) < 4.78 is 10.8. The minimum absolute atomic E-state index is 0.532. The van der Waals surface area contributed by atoms with Crippen molar-refractivity contribution in [2.24, 2.45) is 0 Å². The van der Waals surface area contributed by atoms with Crippen molar-refractivity contribution in [1.29, 1.82) is 0 Å². The largest absolute Gasteiger partial charge is 0.497 e. The van der Waals surface area contributed by atoms with E-state index >= 15 is 0 Å². The summed E-state index contributed by atoms with van der Waals surface area (Å²) in [6.45, 7) is 4.84. The van der Waals surface area contributed by atoms with Crippen molar-refractivity contribution in [3.8, 4) is 11.5 Å². The van der Waals surface area contributed by atoms with Crippen LogP contribution in [0.4, 0.5) is 11.8 Å². The highest BCUT2D eigenvalue weighted by Crippen LogP contribution is 2.25. The van der Waals surface area contributed by atoms with Gasteiger partial charge < -0.3 is 25.2 Å². The van der Waals surface area contributed by atoms with E-state index in [0.717, 1.165) is 47.4 Å². The third-order valence-electron chi connectivity index (χ3n) is 5.93. The molecule has 2 aromatic heterocycles. The Hall–Kier alpha value is -3.91. The van der Waals surface area contributed by atoms with Gasteiger partial charge in [-0.25, -0.2) is 4.98 Å². The van der Waals surface area contributed by atoms with E-state index in [4.69, 9.17) is 14.5 Å². The number of hydrogen-bond donors (Lipinski definition) is 3. The fourth-order valence-electron chi connectivity index (χ4n) is 3.90. The number of benzene rings is 2. The number of ether oxygens (including phenoxy) is 2. The summed E-state index contributed by atoms with van der Waals surface area (Å²) in [7, 11) is 3.27. The van der Waals surface area contributed by atoms with Crippen LogP contribution in [-0.4, -0.2) is 40.8 Å². The number of hydrogen-bond acceptors (Lipinski definition) is 8. The van der Waals surface area contributed by atoms with Gasteiger partial charge in [-0.15, -0.1) is 0 Å². The molecule has 0 radical (unpaired) electrons. The summed E-state index contributed by atoms with van der Waals surface area (Å²) in [4.78, 5) is 13.7. The van der Waals surface area contributed by atoms with Crippen molar-refractivity contribution in [3.05, 3.63) is 77.5 Å². The number of nitrogens with zero attached hydrogens (tertiary/aromatic N) is 3. The molecular weight excluding hydrogens is 454 g/mol. The normalized spacial score (nSPS) is 11.4. The number of nitrogens with one attached hydrogen (secondary N) is 2. The highest BCUT2D eigenvalue weighted by atomic mass is 16.5. The van der Waals surface area contributed by atoms with Crippen LogP contribution in [0.5, 0.6) is 11.5 Å². The average Bonchev–Trinajstić information content (AvgIpc) is 2.89. The average molecular weight is 488 g/mol. The van der Waals surface area contributed by atoms with Gasteiger partial charge in [0.25, 0.3) is 0 Å². The first-order valence-corrected chi connectivity index (χ1v) is 12.0. The quantitative estimate of drug-likeness (QED) is 0.256. The van der Waals surface area contributed by atoms with E-state index in [1.54, 1.807) is 34.3 Å². The molecule has 2 heterocycles. The molecule has 0 unspecified atom stereocenters. The molecule has 0 aliphatic heterocycles. The lowest BCUT2D eigenvalue weighted by Crippen LogP contribution is -2.15. The van der Waals surface area contributed by atoms with Crippen molar-refractivity contribution in [3.63, 3.8) is 0 Å². The Morgan fingerprint density at radius 2 is 1.61 bits per heavy atom. The zero-order valence-corrected chi connectivity index (χ0v) is 21.2. The number of anilines is 2. The molecule has 4 rings (SSSR count). The topological polar surface area (TPSA) is 101 Å². The molecule has 0 aliphatic rings. The van der Waals surface area contributed by atoms with Crippen LogP contribution < -0.4 is 20.1 Å². The minimum atomic E-state index is -0.827. The third-order valence-corrected chi connectivity index (χ3v) is 5.93. The third kappa shape index (κ3) is 6.40. The molecule has 0 atom stereocenters. The van der Waals surface area contributed by atoms with E-state index in [0.29, 0.717) is 24.0 Å². The lowest BCUT2D eigenvalue weighted by atomic mass is 9.96. The maximum atomic E-state index is 10.1. The molecule has 0 amide bonds. The van der Waals surface area contributed by atoms with Gasteiger partial charge in [-0.3, -0.25) is 0 Å². The number of aromatic nitrogens is 3. The smallest absolute Gasteiger partial charge is 0.226 e. The Morgan fingerprint density at radius 1 is 0.889 bits per heavy atom.